The number of ether oxygens (including phenoxy) is 1. The van der Waals surface area contributed by atoms with E-state index in [1.807, 2.05) is 4.90 Å². The number of carbonyl (C=O) groups excluding carboxylic acids is 1. The smallest absolute Gasteiger partial charge is 0.223 e. The predicted molar refractivity (Wildman–Crippen MR) is 111 cm³/mol. The molecule has 0 N–H and O–H groups in total. The first-order valence-electron chi connectivity index (χ1n) is 10.1. The Labute approximate surface area is 165 Å². The fourth-order valence-corrected chi connectivity index (χ4v) is 5.13. The van der Waals surface area contributed by atoms with Crippen LogP contribution >= 0.6 is 11.3 Å². The van der Waals surface area contributed by atoms with Crippen LogP contribution in [-0.2, 0) is 9.53 Å². The van der Waals surface area contributed by atoms with Crippen LogP contribution in [0.3, 0.4) is 0 Å². The summed E-state index contributed by atoms with van der Waals surface area (Å²) in [5.41, 5.74) is 2.50. The first-order chi connectivity index (χ1) is 13.1. The lowest BCUT2D eigenvalue weighted by Crippen LogP contribution is -2.42. The van der Waals surface area contributed by atoms with Gasteiger partial charge in [-0.25, -0.2) is 4.98 Å². The molecule has 2 aliphatic rings. The summed E-state index contributed by atoms with van der Waals surface area (Å²) in [5, 5.41) is 1.14. The van der Waals surface area contributed by atoms with Gasteiger partial charge in [0.25, 0.3) is 0 Å². The first-order valence-corrected chi connectivity index (χ1v) is 10.9. The zero-order chi connectivity index (χ0) is 18.8. The monoisotopic (exact) mass is 387 g/mol. The molecule has 146 valence electrons. The molecule has 2 aliphatic heterocycles. The molecule has 5 nitrogen and oxygen atoms in total. The number of rotatable bonds is 4. The average Bonchev–Trinajstić information content (AvgIpc) is 3.13. The van der Waals surface area contributed by atoms with Crippen LogP contribution in [0.1, 0.15) is 44.6 Å². The van der Waals surface area contributed by atoms with Crippen molar-refractivity contribution in [3.8, 4) is 0 Å². The summed E-state index contributed by atoms with van der Waals surface area (Å²) in [6.07, 6.45) is 2.83. The molecule has 0 radical (unpaired) electrons. The van der Waals surface area contributed by atoms with Gasteiger partial charge in [-0.3, -0.25) is 4.79 Å². The second-order valence-electron chi connectivity index (χ2n) is 7.97. The number of anilines is 1. The van der Waals surface area contributed by atoms with Crippen LogP contribution in [0.4, 0.5) is 5.13 Å². The highest BCUT2D eigenvalue weighted by molar-refractivity contribution is 7.22. The van der Waals surface area contributed by atoms with E-state index in [0.29, 0.717) is 37.4 Å². The molecule has 1 amide bonds. The van der Waals surface area contributed by atoms with Crippen LogP contribution in [0.5, 0.6) is 0 Å². The Morgan fingerprint density at radius 2 is 1.96 bits per heavy atom. The Morgan fingerprint density at radius 3 is 2.67 bits per heavy atom. The normalized spacial score (nSPS) is 19.2. The molecule has 3 heterocycles. The number of amides is 1. The number of nitrogens with zero attached hydrogens (tertiary/aromatic N) is 3. The van der Waals surface area contributed by atoms with Gasteiger partial charge in [-0.05, 0) is 36.3 Å². The molecule has 2 saturated heterocycles. The fourth-order valence-electron chi connectivity index (χ4n) is 4.08. The Kier molecular flexibility index (Phi) is 5.64. The van der Waals surface area contributed by atoms with E-state index < -0.39 is 0 Å². The fraction of sp³-hybridized carbons (Fsp3) is 0.619. The second-order valence-corrected chi connectivity index (χ2v) is 8.98. The Morgan fingerprint density at radius 1 is 1.22 bits per heavy atom. The zero-order valence-electron chi connectivity index (χ0n) is 16.3. The molecule has 0 atom stereocenters. The lowest BCUT2D eigenvalue weighted by molar-refractivity contribution is -0.136. The van der Waals surface area contributed by atoms with Gasteiger partial charge in [0.15, 0.2) is 5.13 Å². The molecule has 4 rings (SSSR count). The van der Waals surface area contributed by atoms with Crippen molar-refractivity contribution >= 4 is 32.6 Å². The van der Waals surface area contributed by atoms with Gasteiger partial charge in [-0.15, -0.1) is 0 Å². The van der Waals surface area contributed by atoms with E-state index >= 15 is 0 Å². The van der Waals surface area contributed by atoms with Crippen LogP contribution in [0.15, 0.2) is 18.2 Å². The number of hydrogen-bond acceptors (Lipinski definition) is 5. The largest absolute Gasteiger partial charge is 0.378 e. The topological polar surface area (TPSA) is 45.7 Å². The predicted octanol–water partition coefficient (Wildman–Crippen LogP) is 3.89. The summed E-state index contributed by atoms with van der Waals surface area (Å²) < 4.78 is 6.62. The third-order valence-corrected chi connectivity index (χ3v) is 6.85. The van der Waals surface area contributed by atoms with Gasteiger partial charge in [0, 0.05) is 32.6 Å². The molecule has 0 unspecified atom stereocenters. The molecule has 0 saturated carbocycles. The molecule has 1 aromatic heterocycles. The summed E-state index contributed by atoms with van der Waals surface area (Å²) in [7, 11) is 0. The maximum absolute atomic E-state index is 12.5. The van der Waals surface area contributed by atoms with Crippen LogP contribution in [0.2, 0.25) is 0 Å². The lowest BCUT2D eigenvalue weighted by atomic mass is 9.93. The van der Waals surface area contributed by atoms with Crippen molar-refractivity contribution in [2.45, 2.75) is 39.0 Å². The summed E-state index contributed by atoms with van der Waals surface area (Å²) in [4.78, 5) is 21.8. The number of piperidine rings is 1. The molecular weight excluding hydrogens is 358 g/mol. The summed E-state index contributed by atoms with van der Waals surface area (Å²) in [6, 6.07) is 6.51. The number of fused-ring (bicyclic) bond motifs is 1. The van der Waals surface area contributed by atoms with E-state index in [2.05, 4.69) is 36.9 Å². The average molecular weight is 388 g/mol. The highest BCUT2D eigenvalue weighted by Crippen LogP contribution is 2.35. The SMILES string of the molecule is CC(C)c1cccc2sc(N3CCC(CC(=O)N4CCOCC4)CC3)nc12. The molecule has 0 bridgehead atoms. The highest BCUT2D eigenvalue weighted by Gasteiger charge is 2.26. The van der Waals surface area contributed by atoms with Gasteiger partial charge in [-0.1, -0.05) is 37.3 Å². The van der Waals surface area contributed by atoms with Crippen molar-refractivity contribution in [2.24, 2.45) is 5.92 Å². The minimum absolute atomic E-state index is 0.304. The highest BCUT2D eigenvalue weighted by atomic mass is 32.1. The lowest BCUT2D eigenvalue weighted by Gasteiger charge is -2.33. The third kappa shape index (κ3) is 4.11. The summed E-state index contributed by atoms with van der Waals surface area (Å²) in [5.74, 6) is 1.29. The van der Waals surface area contributed by atoms with E-state index in [9.17, 15) is 4.79 Å². The third-order valence-electron chi connectivity index (χ3n) is 5.77. The number of para-hydroxylation sites is 1. The van der Waals surface area contributed by atoms with Crippen molar-refractivity contribution in [1.82, 2.24) is 9.88 Å². The van der Waals surface area contributed by atoms with Crippen molar-refractivity contribution in [3.05, 3.63) is 23.8 Å². The minimum Gasteiger partial charge on any atom is -0.378 e. The van der Waals surface area contributed by atoms with Gasteiger partial charge in [0.05, 0.1) is 23.4 Å². The molecule has 1 aromatic carbocycles. The molecule has 6 heteroatoms. The molecule has 0 spiro atoms. The van der Waals surface area contributed by atoms with Gasteiger partial charge >= 0.3 is 0 Å². The van der Waals surface area contributed by atoms with Gasteiger partial charge in [0.1, 0.15) is 0 Å². The number of benzene rings is 1. The van der Waals surface area contributed by atoms with E-state index in [0.717, 1.165) is 49.7 Å². The van der Waals surface area contributed by atoms with E-state index in [4.69, 9.17) is 9.72 Å². The van der Waals surface area contributed by atoms with Crippen molar-refractivity contribution in [1.29, 1.82) is 0 Å². The maximum Gasteiger partial charge on any atom is 0.223 e. The first kappa shape index (κ1) is 18.7. The Bertz CT molecular complexity index is 790. The van der Waals surface area contributed by atoms with Crippen LogP contribution in [-0.4, -0.2) is 55.2 Å². The summed E-state index contributed by atoms with van der Waals surface area (Å²) in [6.45, 7) is 9.31. The number of hydrogen-bond donors (Lipinski definition) is 0. The molecule has 27 heavy (non-hydrogen) atoms. The zero-order valence-corrected chi connectivity index (χ0v) is 17.1. The van der Waals surface area contributed by atoms with Gasteiger partial charge < -0.3 is 14.5 Å². The second kappa shape index (κ2) is 8.15. The number of morpholine rings is 1. The Balaban J connectivity index is 1.37. The van der Waals surface area contributed by atoms with Crippen LogP contribution < -0.4 is 4.90 Å². The summed E-state index contributed by atoms with van der Waals surface area (Å²) >= 11 is 1.80. The van der Waals surface area contributed by atoms with E-state index in [1.165, 1.54) is 10.3 Å². The van der Waals surface area contributed by atoms with Crippen molar-refractivity contribution < 1.29 is 9.53 Å². The number of aromatic nitrogens is 1. The quantitative estimate of drug-likeness (QED) is 0.799. The van der Waals surface area contributed by atoms with Gasteiger partial charge in [0.2, 0.25) is 5.91 Å². The van der Waals surface area contributed by atoms with E-state index in [-0.39, 0.29) is 0 Å². The van der Waals surface area contributed by atoms with E-state index in [1.54, 1.807) is 11.3 Å². The van der Waals surface area contributed by atoms with Crippen molar-refractivity contribution in [2.75, 3.05) is 44.3 Å². The van der Waals surface area contributed by atoms with Crippen LogP contribution in [0.25, 0.3) is 10.2 Å². The number of carbonyl (C=O) groups is 1. The Hall–Kier alpha value is -1.66. The standard InChI is InChI=1S/C21H29N3O2S/c1-15(2)17-4-3-5-18-20(17)22-21(27-18)24-8-6-16(7-9-24)14-19(25)23-10-12-26-13-11-23/h3-5,15-16H,6-14H2,1-2H3. The molecule has 2 fully saturated rings. The molecule has 0 aliphatic carbocycles. The molecular formula is C21H29N3O2S. The minimum atomic E-state index is 0.304. The van der Waals surface area contributed by atoms with Crippen molar-refractivity contribution in [3.63, 3.8) is 0 Å². The maximum atomic E-state index is 12.5. The molecule has 2 aromatic rings. The van der Waals surface area contributed by atoms with Crippen LogP contribution in [0, 0.1) is 5.92 Å². The number of thiazole rings is 1. The van der Waals surface area contributed by atoms with Gasteiger partial charge in [-0.2, -0.15) is 0 Å².